The maximum Gasteiger partial charge on any atom is 0.229 e. The maximum atomic E-state index is 6.26. The number of aromatic nitrogens is 5. The van der Waals surface area contributed by atoms with Crippen LogP contribution in [0.1, 0.15) is 24.6 Å². The van der Waals surface area contributed by atoms with E-state index in [2.05, 4.69) is 71.4 Å². The van der Waals surface area contributed by atoms with E-state index in [-0.39, 0.29) is 0 Å². The Morgan fingerprint density at radius 2 is 1.69 bits per heavy atom. The average molecular weight is 635 g/mol. The molecule has 3 heterocycles. The lowest BCUT2D eigenvalue weighted by Gasteiger charge is -2.20. The van der Waals surface area contributed by atoms with Gasteiger partial charge >= 0.3 is 0 Å². The summed E-state index contributed by atoms with van der Waals surface area (Å²) in [6, 6.07) is 4.29. The van der Waals surface area contributed by atoms with Gasteiger partial charge in [-0.2, -0.15) is 10.1 Å². The lowest BCUT2D eigenvalue weighted by Crippen LogP contribution is -2.23. The molecule has 0 saturated heterocycles. The Morgan fingerprint density at radius 1 is 1.03 bits per heavy atom. The smallest absolute Gasteiger partial charge is 0.229 e. The highest BCUT2D eigenvalue weighted by Gasteiger charge is 2.54. The normalized spacial score (nSPS) is 20.8. The third kappa shape index (κ3) is 6.37. The molecule has 3 aromatic rings. The quantitative estimate of drug-likeness (QED) is 0.161. The maximum absolute atomic E-state index is 6.26. The standard InChI is InChI=1S/C28H44BrN5O3Si2/c1-28-15-19(28)13-20-23(16-28)34(18-37-10-12-39(6,7)8)32-24(20)26-30-25-22(14-21(29)27(31-25)35-2)33(26)17-36-9-11-38(3,4)5/h14,19H,9-13,15-18H2,1-8H3/t19-,28-/m1/s1. The Hall–Kier alpha value is -1.54. The van der Waals surface area contributed by atoms with Crippen LogP contribution in [0, 0.1) is 11.3 Å². The highest BCUT2D eigenvalue weighted by Crippen LogP contribution is 2.60. The zero-order valence-corrected chi connectivity index (χ0v) is 28.4. The molecule has 2 aliphatic carbocycles. The molecule has 5 rings (SSSR count). The Labute approximate surface area is 243 Å². The fraction of sp³-hybridized carbons (Fsp3) is 0.679. The van der Waals surface area contributed by atoms with Crippen molar-refractivity contribution in [3.63, 3.8) is 0 Å². The molecule has 3 aromatic heterocycles. The third-order valence-corrected chi connectivity index (χ3v) is 12.2. The fourth-order valence-electron chi connectivity index (χ4n) is 5.43. The minimum atomic E-state index is -1.20. The van der Waals surface area contributed by atoms with Gasteiger partial charge in [0.15, 0.2) is 11.5 Å². The fourth-order valence-corrected chi connectivity index (χ4v) is 7.41. The number of hydrogen-bond acceptors (Lipinski definition) is 6. The summed E-state index contributed by atoms with van der Waals surface area (Å²) in [5.41, 5.74) is 5.50. The van der Waals surface area contributed by atoms with Gasteiger partial charge in [-0.05, 0) is 64.7 Å². The molecule has 1 fully saturated rings. The molecule has 39 heavy (non-hydrogen) atoms. The predicted octanol–water partition coefficient (Wildman–Crippen LogP) is 6.82. The van der Waals surface area contributed by atoms with Crippen molar-refractivity contribution in [1.29, 1.82) is 0 Å². The zero-order chi connectivity index (χ0) is 28.2. The second-order valence-electron chi connectivity index (χ2n) is 14.1. The number of imidazole rings is 1. The summed E-state index contributed by atoms with van der Waals surface area (Å²) < 4.78 is 23.0. The zero-order valence-electron chi connectivity index (χ0n) is 24.9. The first-order valence-electron chi connectivity index (χ1n) is 14.1. The molecule has 0 radical (unpaired) electrons. The number of methoxy groups -OCH3 is 1. The number of fused-ring (bicyclic) bond motifs is 3. The molecule has 0 N–H and O–H groups in total. The van der Waals surface area contributed by atoms with Gasteiger partial charge in [-0.1, -0.05) is 46.2 Å². The van der Waals surface area contributed by atoms with Gasteiger partial charge in [0.05, 0.1) is 17.1 Å². The monoisotopic (exact) mass is 633 g/mol. The Bertz CT molecular complexity index is 1360. The van der Waals surface area contributed by atoms with Crippen LogP contribution >= 0.6 is 15.9 Å². The van der Waals surface area contributed by atoms with Gasteiger partial charge in [0.25, 0.3) is 0 Å². The summed E-state index contributed by atoms with van der Waals surface area (Å²) in [6.07, 6.45) is 3.36. The van der Waals surface area contributed by atoms with Gasteiger partial charge in [0.2, 0.25) is 5.88 Å². The predicted molar refractivity (Wildman–Crippen MR) is 165 cm³/mol. The van der Waals surface area contributed by atoms with Gasteiger partial charge in [0.1, 0.15) is 19.2 Å². The van der Waals surface area contributed by atoms with Crippen molar-refractivity contribution in [2.75, 3.05) is 20.3 Å². The molecule has 0 aliphatic heterocycles. The molecule has 2 aliphatic rings. The number of nitrogens with zero attached hydrogens (tertiary/aromatic N) is 5. The van der Waals surface area contributed by atoms with Crippen LogP contribution in [0.3, 0.4) is 0 Å². The molecule has 8 nitrogen and oxygen atoms in total. The lowest BCUT2D eigenvalue weighted by molar-refractivity contribution is 0.0756. The molecular formula is C28H44BrN5O3Si2. The molecule has 1 saturated carbocycles. The number of pyridine rings is 1. The molecule has 0 spiro atoms. The highest BCUT2D eigenvalue weighted by molar-refractivity contribution is 9.10. The van der Waals surface area contributed by atoms with E-state index in [1.807, 2.05) is 6.07 Å². The summed E-state index contributed by atoms with van der Waals surface area (Å²) in [5.74, 6) is 2.05. The van der Waals surface area contributed by atoms with Crippen LogP contribution in [0.25, 0.3) is 22.7 Å². The van der Waals surface area contributed by atoms with E-state index in [9.17, 15) is 0 Å². The Balaban J connectivity index is 1.52. The van der Waals surface area contributed by atoms with Crippen molar-refractivity contribution in [2.24, 2.45) is 11.3 Å². The molecule has 0 bridgehead atoms. The largest absolute Gasteiger partial charge is 0.480 e. The summed E-state index contributed by atoms with van der Waals surface area (Å²) >= 11 is 3.62. The van der Waals surface area contributed by atoms with Gasteiger partial charge in [-0.15, -0.1) is 0 Å². The summed E-state index contributed by atoms with van der Waals surface area (Å²) in [5, 5.41) is 5.17. The first kappa shape index (κ1) is 29.0. The van der Waals surface area contributed by atoms with Gasteiger partial charge in [-0.3, -0.25) is 4.57 Å². The number of halogens is 1. The lowest BCUT2D eigenvalue weighted by atomic mass is 9.87. The topological polar surface area (TPSA) is 76.2 Å². The second kappa shape index (κ2) is 10.7. The molecule has 0 amide bonds. The van der Waals surface area contributed by atoms with Crippen molar-refractivity contribution in [1.82, 2.24) is 24.3 Å². The van der Waals surface area contributed by atoms with Crippen LogP contribution in [-0.4, -0.2) is 60.8 Å². The van der Waals surface area contributed by atoms with Crippen LogP contribution < -0.4 is 4.74 Å². The summed E-state index contributed by atoms with van der Waals surface area (Å²) in [6.45, 7) is 19.1. The Morgan fingerprint density at radius 3 is 2.33 bits per heavy atom. The van der Waals surface area contributed by atoms with E-state index >= 15 is 0 Å². The molecule has 0 unspecified atom stereocenters. The van der Waals surface area contributed by atoms with E-state index in [1.165, 1.54) is 17.7 Å². The van der Waals surface area contributed by atoms with E-state index in [0.29, 0.717) is 36.3 Å². The minimum absolute atomic E-state index is 0.389. The molecule has 2 atom stereocenters. The van der Waals surface area contributed by atoms with Gasteiger partial charge in [0, 0.05) is 40.6 Å². The van der Waals surface area contributed by atoms with Crippen LogP contribution in [0.4, 0.5) is 0 Å². The van der Waals surface area contributed by atoms with Crippen molar-refractivity contribution in [3.05, 3.63) is 21.8 Å². The van der Waals surface area contributed by atoms with Crippen molar-refractivity contribution >= 4 is 43.2 Å². The molecule has 11 heteroatoms. The van der Waals surface area contributed by atoms with Crippen molar-refractivity contribution in [3.8, 4) is 17.4 Å². The Kier molecular flexibility index (Phi) is 7.95. The van der Waals surface area contributed by atoms with Crippen LogP contribution in [0.15, 0.2) is 10.5 Å². The van der Waals surface area contributed by atoms with Crippen LogP contribution in [0.5, 0.6) is 5.88 Å². The number of ether oxygens (including phenoxy) is 3. The van der Waals surface area contributed by atoms with Gasteiger partial charge < -0.3 is 14.2 Å². The molecular weight excluding hydrogens is 590 g/mol. The molecule has 214 valence electrons. The molecule has 0 aromatic carbocycles. The van der Waals surface area contributed by atoms with E-state index in [4.69, 9.17) is 29.3 Å². The van der Waals surface area contributed by atoms with E-state index < -0.39 is 16.1 Å². The second-order valence-corrected chi connectivity index (χ2v) is 26.2. The van der Waals surface area contributed by atoms with Crippen molar-refractivity contribution in [2.45, 2.75) is 91.0 Å². The minimum Gasteiger partial charge on any atom is -0.480 e. The summed E-state index contributed by atoms with van der Waals surface area (Å²) in [4.78, 5) is 9.73. The van der Waals surface area contributed by atoms with Crippen LogP contribution in [-0.2, 0) is 35.8 Å². The van der Waals surface area contributed by atoms with Gasteiger partial charge in [-0.25, -0.2) is 9.67 Å². The van der Waals surface area contributed by atoms with Crippen molar-refractivity contribution < 1.29 is 14.2 Å². The SMILES string of the molecule is COc1nc2nc(-c3nn(COCC[Si](C)(C)C)c4c3C[C@@H]3C[C@]3(C)C4)n(COCC[Si](C)(C)C)c2cc1Br. The average Bonchev–Trinajstić information content (AvgIpc) is 3.21. The third-order valence-electron chi connectivity index (χ3n) is 8.22. The first-order valence-corrected chi connectivity index (χ1v) is 22.3. The number of rotatable bonds is 12. The summed E-state index contributed by atoms with van der Waals surface area (Å²) in [7, 11) is -0.727. The number of hydrogen-bond donors (Lipinski definition) is 0. The first-order chi connectivity index (χ1) is 18.3. The van der Waals surface area contributed by atoms with E-state index in [1.54, 1.807) is 7.11 Å². The van der Waals surface area contributed by atoms with E-state index in [0.717, 1.165) is 59.7 Å². The highest BCUT2D eigenvalue weighted by atomic mass is 79.9. The van der Waals surface area contributed by atoms with Crippen LogP contribution in [0.2, 0.25) is 51.4 Å².